The minimum Gasteiger partial charge on any atom is -0.308 e. The Bertz CT molecular complexity index is 630. The van der Waals surface area contributed by atoms with Gasteiger partial charge >= 0.3 is 6.03 Å². The van der Waals surface area contributed by atoms with Crippen molar-refractivity contribution in [1.82, 2.24) is 0 Å². The van der Waals surface area contributed by atoms with Crippen LogP contribution >= 0.6 is 11.6 Å². The lowest BCUT2D eigenvalue weighted by Gasteiger charge is -2.23. The van der Waals surface area contributed by atoms with Gasteiger partial charge in [0.05, 0.1) is 11.1 Å². The maximum atomic E-state index is 12.6. The van der Waals surface area contributed by atoms with Gasteiger partial charge in [0.15, 0.2) is 0 Å². The first-order valence-corrected chi connectivity index (χ1v) is 7.56. The molecule has 21 heavy (non-hydrogen) atoms. The van der Waals surface area contributed by atoms with Crippen molar-refractivity contribution >= 4 is 29.0 Å². The van der Waals surface area contributed by atoms with E-state index in [4.69, 9.17) is 11.6 Å². The van der Waals surface area contributed by atoms with Gasteiger partial charge in [-0.15, -0.1) is 11.6 Å². The van der Waals surface area contributed by atoms with Gasteiger partial charge in [-0.25, -0.2) is 4.79 Å². The second-order valence-corrected chi connectivity index (χ2v) is 5.64. The van der Waals surface area contributed by atoms with Gasteiger partial charge in [0.25, 0.3) is 0 Å². The summed E-state index contributed by atoms with van der Waals surface area (Å²) in [5.74, 6) is 0. The third-order valence-corrected chi connectivity index (χ3v) is 4.13. The number of alkyl halides is 1. The number of benzene rings is 2. The van der Waals surface area contributed by atoms with Crippen molar-refractivity contribution in [2.45, 2.75) is 18.2 Å². The summed E-state index contributed by atoms with van der Waals surface area (Å²) in [5.41, 5.74) is 2.73. The summed E-state index contributed by atoms with van der Waals surface area (Å²) in [7, 11) is 0. The number of hydrogen-bond donors (Lipinski definition) is 1. The summed E-state index contributed by atoms with van der Waals surface area (Å²) in [5, 5.41) is 2.91. The van der Waals surface area contributed by atoms with Crippen LogP contribution in [0.1, 0.15) is 23.8 Å². The maximum absolute atomic E-state index is 12.6. The van der Waals surface area contributed by atoms with Gasteiger partial charge in [0.2, 0.25) is 0 Å². The third-order valence-electron chi connectivity index (χ3n) is 3.67. The van der Waals surface area contributed by atoms with Crippen molar-refractivity contribution in [3.63, 3.8) is 0 Å². The van der Waals surface area contributed by atoms with Crippen molar-refractivity contribution in [2.24, 2.45) is 0 Å². The highest BCUT2D eigenvalue weighted by Crippen LogP contribution is 2.36. The molecule has 2 aromatic rings. The second kappa shape index (κ2) is 6.19. The molecule has 0 fully saturated rings. The Morgan fingerprint density at radius 3 is 2.62 bits per heavy atom. The van der Waals surface area contributed by atoms with Crippen LogP contribution in [0.3, 0.4) is 0 Å². The normalized spacial score (nSPS) is 17.8. The molecule has 0 aliphatic carbocycles. The molecule has 3 rings (SSSR count). The van der Waals surface area contributed by atoms with Gasteiger partial charge < -0.3 is 5.32 Å². The Balaban J connectivity index is 1.87. The summed E-state index contributed by atoms with van der Waals surface area (Å²) in [6.07, 6.45) is 1.78. The molecule has 1 aliphatic heterocycles. The number of anilines is 2. The van der Waals surface area contributed by atoms with Crippen LogP contribution in [-0.4, -0.2) is 12.6 Å². The summed E-state index contributed by atoms with van der Waals surface area (Å²) in [6, 6.07) is 17.2. The Kier molecular flexibility index (Phi) is 4.11. The molecule has 1 unspecified atom stereocenters. The number of carbonyl (C=O) groups is 1. The Labute approximate surface area is 129 Å². The highest BCUT2D eigenvalue weighted by Gasteiger charge is 2.25. The van der Waals surface area contributed by atoms with E-state index in [9.17, 15) is 4.79 Å². The molecule has 4 heteroatoms. The van der Waals surface area contributed by atoms with E-state index in [1.54, 1.807) is 4.90 Å². The van der Waals surface area contributed by atoms with Crippen LogP contribution in [0.25, 0.3) is 0 Å². The second-order valence-electron chi connectivity index (χ2n) is 5.12. The van der Waals surface area contributed by atoms with E-state index in [2.05, 4.69) is 5.32 Å². The van der Waals surface area contributed by atoms with E-state index in [1.807, 2.05) is 54.6 Å². The molecule has 0 saturated heterocycles. The topological polar surface area (TPSA) is 32.3 Å². The molecule has 0 spiro atoms. The minimum atomic E-state index is -0.112. The van der Waals surface area contributed by atoms with Crippen LogP contribution in [-0.2, 0) is 0 Å². The summed E-state index contributed by atoms with van der Waals surface area (Å²) in [6.45, 7) is 0.679. The average Bonchev–Trinajstić information content (AvgIpc) is 2.68. The van der Waals surface area contributed by atoms with Gasteiger partial charge in [0, 0.05) is 12.2 Å². The standard InChI is InChI=1S/C17H17ClN2O/c18-15-10-6-12-20(16-11-5-4-9-14(15)16)17(21)19-13-7-2-1-3-8-13/h1-5,7-9,11,15H,6,10,12H2,(H,19,21). The zero-order valence-corrected chi connectivity index (χ0v) is 12.4. The molecule has 1 atom stereocenters. The largest absolute Gasteiger partial charge is 0.326 e. The lowest BCUT2D eigenvalue weighted by molar-refractivity contribution is 0.257. The van der Waals surface area contributed by atoms with Gasteiger partial charge in [-0.3, -0.25) is 4.90 Å². The first kappa shape index (κ1) is 14.0. The SMILES string of the molecule is O=C(Nc1ccccc1)N1CCCC(Cl)c2ccccc21. The Hall–Kier alpha value is -2.00. The van der Waals surface area contributed by atoms with Crippen molar-refractivity contribution in [3.05, 3.63) is 60.2 Å². The molecule has 1 heterocycles. The first-order chi connectivity index (χ1) is 10.3. The van der Waals surface area contributed by atoms with Crippen LogP contribution in [0.2, 0.25) is 0 Å². The molecule has 2 amide bonds. The lowest BCUT2D eigenvalue weighted by Crippen LogP contribution is -2.35. The van der Waals surface area contributed by atoms with Gasteiger partial charge in [-0.05, 0) is 36.6 Å². The number of nitrogens with zero attached hydrogens (tertiary/aromatic N) is 1. The van der Waals surface area contributed by atoms with Crippen LogP contribution in [0.15, 0.2) is 54.6 Å². The number of urea groups is 1. The first-order valence-electron chi connectivity index (χ1n) is 7.12. The molecular weight excluding hydrogens is 284 g/mol. The van der Waals surface area contributed by atoms with E-state index < -0.39 is 0 Å². The van der Waals surface area contributed by atoms with Gasteiger partial charge in [-0.1, -0.05) is 36.4 Å². The number of para-hydroxylation sites is 2. The maximum Gasteiger partial charge on any atom is 0.326 e. The quantitative estimate of drug-likeness (QED) is 0.754. The van der Waals surface area contributed by atoms with Crippen molar-refractivity contribution in [1.29, 1.82) is 0 Å². The fourth-order valence-electron chi connectivity index (χ4n) is 2.63. The smallest absolute Gasteiger partial charge is 0.308 e. The number of nitrogens with one attached hydrogen (secondary N) is 1. The molecule has 2 aromatic carbocycles. The zero-order chi connectivity index (χ0) is 14.7. The van der Waals surface area contributed by atoms with Gasteiger partial charge in [0.1, 0.15) is 0 Å². The number of halogens is 1. The van der Waals surface area contributed by atoms with Crippen LogP contribution in [0.5, 0.6) is 0 Å². The van der Waals surface area contributed by atoms with E-state index in [-0.39, 0.29) is 11.4 Å². The molecule has 0 saturated carbocycles. The lowest BCUT2D eigenvalue weighted by atomic mass is 10.1. The summed E-state index contributed by atoms with van der Waals surface area (Å²) < 4.78 is 0. The number of carbonyl (C=O) groups excluding carboxylic acids is 1. The van der Waals surface area contributed by atoms with Gasteiger partial charge in [-0.2, -0.15) is 0 Å². The van der Waals surface area contributed by atoms with E-state index in [1.165, 1.54) is 0 Å². The predicted molar refractivity (Wildman–Crippen MR) is 87.1 cm³/mol. The number of fused-ring (bicyclic) bond motifs is 1. The molecule has 0 aromatic heterocycles. The average molecular weight is 301 g/mol. The number of rotatable bonds is 1. The summed E-state index contributed by atoms with van der Waals surface area (Å²) in [4.78, 5) is 14.3. The molecule has 3 nitrogen and oxygen atoms in total. The minimum absolute atomic E-state index is 0.0317. The molecule has 108 valence electrons. The van der Waals surface area contributed by atoms with Crippen molar-refractivity contribution in [2.75, 3.05) is 16.8 Å². The molecule has 1 N–H and O–H groups in total. The molecule has 0 radical (unpaired) electrons. The van der Waals surface area contributed by atoms with Crippen LogP contribution in [0.4, 0.5) is 16.2 Å². The van der Waals surface area contributed by atoms with E-state index >= 15 is 0 Å². The number of hydrogen-bond acceptors (Lipinski definition) is 1. The monoisotopic (exact) mass is 300 g/mol. The van der Waals surface area contributed by atoms with Crippen LogP contribution in [0, 0.1) is 0 Å². The highest BCUT2D eigenvalue weighted by atomic mass is 35.5. The Morgan fingerprint density at radius 1 is 1.10 bits per heavy atom. The number of amides is 2. The van der Waals surface area contributed by atoms with E-state index in [0.29, 0.717) is 6.54 Å². The van der Waals surface area contributed by atoms with E-state index in [0.717, 1.165) is 29.8 Å². The zero-order valence-electron chi connectivity index (χ0n) is 11.6. The molecule has 1 aliphatic rings. The Morgan fingerprint density at radius 2 is 1.81 bits per heavy atom. The predicted octanol–water partition coefficient (Wildman–Crippen LogP) is 4.80. The highest BCUT2D eigenvalue weighted by molar-refractivity contribution is 6.21. The fraction of sp³-hybridized carbons (Fsp3) is 0.235. The molecular formula is C17H17ClN2O. The third kappa shape index (κ3) is 3.03. The fourth-order valence-corrected chi connectivity index (χ4v) is 2.96. The van der Waals surface area contributed by atoms with Crippen molar-refractivity contribution < 1.29 is 4.79 Å². The molecule has 0 bridgehead atoms. The van der Waals surface area contributed by atoms with Crippen molar-refractivity contribution in [3.8, 4) is 0 Å². The van der Waals surface area contributed by atoms with Crippen LogP contribution < -0.4 is 10.2 Å². The summed E-state index contributed by atoms with van der Waals surface area (Å²) >= 11 is 6.42.